The van der Waals surface area contributed by atoms with E-state index in [1.807, 2.05) is 43.4 Å². The zero-order chi connectivity index (χ0) is 16.3. The van der Waals surface area contributed by atoms with Gasteiger partial charge in [0.15, 0.2) is 0 Å². The van der Waals surface area contributed by atoms with Crippen LogP contribution >= 0.6 is 0 Å². The topological polar surface area (TPSA) is 46.4 Å². The number of fused-ring (bicyclic) bond motifs is 4. The van der Waals surface area contributed by atoms with Crippen molar-refractivity contribution in [2.24, 2.45) is 0 Å². The maximum Gasteiger partial charge on any atom is 0.264 e. The molecule has 2 heterocycles. The van der Waals surface area contributed by atoms with Gasteiger partial charge in [0.25, 0.3) is 5.56 Å². The molecule has 2 aromatic heterocycles. The number of hydrogen-bond donors (Lipinski definition) is 1. The molecule has 2 aromatic carbocycles. The molecule has 1 unspecified atom stereocenters. The number of likely N-dealkylation sites (N-methyl/N-ethyl adjacent to an activating group) is 1. The van der Waals surface area contributed by atoms with Crippen LogP contribution in [0.3, 0.4) is 0 Å². The molecule has 5 rings (SSSR count). The molecule has 0 fully saturated rings. The van der Waals surface area contributed by atoms with E-state index in [0.717, 1.165) is 45.5 Å². The summed E-state index contributed by atoms with van der Waals surface area (Å²) in [6.07, 6.45) is 4.09. The number of hydrogen-bond acceptors (Lipinski definition) is 3. The summed E-state index contributed by atoms with van der Waals surface area (Å²) in [6, 6.07) is 14.3. The average molecular weight is 315 g/mol. The van der Waals surface area contributed by atoms with Crippen LogP contribution in [0.1, 0.15) is 12.0 Å². The quantitative estimate of drug-likeness (QED) is 0.585. The number of aromatic nitrogens is 2. The molecular weight excluding hydrogens is 298 g/mol. The monoisotopic (exact) mass is 315 g/mol. The van der Waals surface area contributed by atoms with Gasteiger partial charge in [-0.15, -0.1) is 0 Å². The van der Waals surface area contributed by atoms with Crippen molar-refractivity contribution >= 4 is 33.5 Å². The van der Waals surface area contributed by atoms with Crippen LogP contribution in [0.5, 0.6) is 0 Å². The third-order valence-electron chi connectivity index (χ3n) is 5.14. The van der Waals surface area contributed by atoms with Crippen LogP contribution in [0.15, 0.2) is 47.3 Å². The number of imidazole rings is 1. The highest BCUT2D eigenvalue weighted by atomic mass is 16.1. The van der Waals surface area contributed by atoms with Gasteiger partial charge in [0.2, 0.25) is 0 Å². The molecule has 0 radical (unpaired) electrons. The number of rotatable bonds is 1. The van der Waals surface area contributed by atoms with E-state index in [9.17, 15) is 4.79 Å². The minimum absolute atomic E-state index is 0.0237. The highest BCUT2D eigenvalue weighted by Crippen LogP contribution is 2.21. The lowest BCUT2D eigenvalue weighted by Crippen LogP contribution is -2.26. The second-order valence-electron chi connectivity index (χ2n) is 6.45. The molecule has 4 heteroatoms. The van der Waals surface area contributed by atoms with Crippen molar-refractivity contribution < 1.29 is 0 Å². The zero-order valence-electron chi connectivity index (χ0n) is 13.4. The van der Waals surface area contributed by atoms with Crippen molar-refractivity contribution in [3.63, 3.8) is 0 Å². The molecule has 24 heavy (non-hydrogen) atoms. The molecule has 118 valence electrons. The van der Waals surface area contributed by atoms with Crippen molar-refractivity contribution in [1.82, 2.24) is 14.7 Å². The summed E-state index contributed by atoms with van der Waals surface area (Å²) in [5, 5.41) is 6.32. The fourth-order valence-corrected chi connectivity index (χ4v) is 3.93. The molecule has 0 spiro atoms. The van der Waals surface area contributed by atoms with Crippen LogP contribution in [0.4, 0.5) is 0 Å². The third-order valence-corrected chi connectivity index (χ3v) is 5.14. The maximum atomic E-state index is 13.2. The van der Waals surface area contributed by atoms with Gasteiger partial charge >= 0.3 is 0 Å². The molecule has 1 atom stereocenters. The molecule has 4 nitrogen and oxygen atoms in total. The Morgan fingerprint density at radius 1 is 1.17 bits per heavy atom. The zero-order valence-corrected chi connectivity index (χ0v) is 13.4. The van der Waals surface area contributed by atoms with Gasteiger partial charge in [0.1, 0.15) is 5.65 Å². The van der Waals surface area contributed by atoms with E-state index >= 15 is 0 Å². The lowest BCUT2D eigenvalue weighted by atomic mass is 10.0. The Hall–Kier alpha value is -2.72. The van der Waals surface area contributed by atoms with E-state index < -0.39 is 0 Å². The fraction of sp³-hybridized carbons (Fsp3) is 0.200. The van der Waals surface area contributed by atoms with Gasteiger partial charge < -0.3 is 5.32 Å². The van der Waals surface area contributed by atoms with E-state index in [4.69, 9.17) is 4.98 Å². The molecule has 0 saturated carbocycles. The first kappa shape index (κ1) is 13.7. The van der Waals surface area contributed by atoms with E-state index in [2.05, 4.69) is 17.5 Å². The summed E-state index contributed by atoms with van der Waals surface area (Å²) in [6.45, 7) is 0. The Morgan fingerprint density at radius 3 is 2.92 bits per heavy atom. The smallest absolute Gasteiger partial charge is 0.264 e. The first-order chi connectivity index (χ1) is 11.8. The van der Waals surface area contributed by atoms with Crippen molar-refractivity contribution in [2.75, 3.05) is 7.05 Å². The highest BCUT2D eigenvalue weighted by molar-refractivity contribution is 5.93. The standard InChI is InChI=1S/C20H17N3O/c1-21-13-9-10-14-18-12(11-13)5-4-6-15(18)20(24)23-17-8-3-2-7-16(17)22-19(14)23/h2-8,10,13,21H,9,11H2,1H3. The normalized spacial score (nSPS) is 17.3. The van der Waals surface area contributed by atoms with Gasteiger partial charge in [-0.05, 0) is 43.7 Å². The first-order valence-corrected chi connectivity index (χ1v) is 8.30. The predicted octanol–water partition coefficient (Wildman–Crippen LogP) is 2.03. The Balaban J connectivity index is 2.09. The summed E-state index contributed by atoms with van der Waals surface area (Å²) in [5.74, 6) is 0. The largest absolute Gasteiger partial charge is 0.316 e. The van der Waals surface area contributed by atoms with E-state index in [1.165, 1.54) is 5.56 Å². The van der Waals surface area contributed by atoms with Gasteiger partial charge in [-0.3, -0.25) is 9.20 Å². The number of nitrogens with zero attached hydrogens (tertiary/aromatic N) is 2. The molecule has 1 aliphatic rings. The van der Waals surface area contributed by atoms with Crippen molar-refractivity contribution in [3.05, 3.63) is 63.6 Å². The molecule has 1 N–H and O–H groups in total. The fourth-order valence-electron chi connectivity index (χ4n) is 3.93. The predicted molar refractivity (Wildman–Crippen MR) is 97.3 cm³/mol. The minimum Gasteiger partial charge on any atom is -0.316 e. The third kappa shape index (κ3) is 1.72. The van der Waals surface area contributed by atoms with Crippen LogP contribution in [0.2, 0.25) is 0 Å². The summed E-state index contributed by atoms with van der Waals surface area (Å²) in [4.78, 5) is 17.9. The summed E-state index contributed by atoms with van der Waals surface area (Å²) in [5.41, 5.74) is 3.77. The van der Waals surface area contributed by atoms with Crippen molar-refractivity contribution in [2.45, 2.75) is 18.9 Å². The summed E-state index contributed by atoms with van der Waals surface area (Å²) >= 11 is 0. The molecule has 0 saturated heterocycles. The van der Waals surface area contributed by atoms with Crippen LogP contribution in [-0.2, 0) is 6.42 Å². The van der Waals surface area contributed by atoms with Crippen molar-refractivity contribution in [1.29, 1.82) is 0 Å². The van der Waals surface area contributed by atoms with Gasteiger partial charge in [-0.25, -0.2) is 4.98 Å². The minimum atomic E-state index is 0.0237. The van der Waals surface area contributed by atoms with E-state index in [-0.39, 0.29) is 5.56 Å². The molecular formula is C20H17N3O. The molecule has 4 aromatic rings. The Kier molecular flexibility index (Phi) is 2.79. The highest BCUT2D eigenvalue weighted by Gasteiger charge is 2.19. The number of nitrogens with one attached hydrogen (secondary N) is 1. The lowest BCUT2D eigenvalue weighted by molar-refractivity contribution is 0.580. The first-order valence-electron chi connectivity index (χ1n) is 8.30. The summed E-state index contributed by atoms with van der Waals surface area (Å²) in [7, 11) is 1.99. The van der Waals surface area contributed by atoms with E-state index in [0.29, 0.717) is 6.04 Å². The van der Waals surface area contributed by atoms with Crippen LogP contribution in [-0.4, -0.2) is 22.5 Å². The molecule has 0 aliphatic heterocycles. The van der Waals surface area contributed by atoms with Gasteiger partial charge in [-0.1, -0.05) is 30.3 Å². The van der Waals surface area contributed by atoms with Gasteiger partial charge in [0, 0.05) is 22.0 Å². The van der Waals surface area contributed by atoms with Crippen LogP contribution in [0.25, 0.3) is 33.5 Å². The molecule has 0 amide bonds. The van der Waals surface area contributed by atoms with Crippen LogP contribution < -0.4 is 16.1 Å². The Labute approximate surface area is 138 Å². The average Bonchev–Trinajstić information content (AvgIpc) is 2.89. The van der Waals surface area contributed by atoms with Crippen LogP contribution in [0, 0.1) is 0 Å². The number of pyridine rings is 1. The second kappa shape index (κ2) is 4.89. The van der Waals surface area contributed by atoms with Gasteiger partial charge in [0.05, 0.1) is 11.0 Å². The Bertz CT molecular complexity index is 1220. The Morgan fingerprint density at radius 2 is 2.04 bits per heavy atom. The maximum absolute atomic E-state index is 13.2. The van der Waals surface area contributed by atoms with Crippen molar-refractivity contribution in [3.8, 4) is 0 Å². The second-order valence-corrected chi connectivity index (χ2v) is 6.45. The number of para-hydroxylation sites is 2. The van der Waals surface area contributed by atoms with E-state index in [1.54, 1.807) is 4.40 Å². The lowest BCUT2D eigenvalue weighted by Gasteiger charge is -2.13. The number of benzene rings is 2. The van der Waals surface area contributed by atoms with Gasteiger partial charge in [-0.2, -0.15) is 0 Å². The SMILES string of the molecule is CNC1CC=c2c3c(cccc3c(=O)n3c2nc2ccccc23)C1. The summed E-state index contributed by atoms with van der Waals surface area (Å²) < 4.78 is 1.77. The molecule has 1 aliphatic carbocycles. The molecule has 0 bridgehead atoms.